The first-order valence-electron chi connectivity index (χ1n) is 9.59. The molecular formula is C21H30N4O. The van der Waals surface area contributed by atoms with Crippen LogP contribution in [-0.4, -0.2) is 25.1 Å². The van der Waals surface area contributed by atoms with E-state index < -0.39 is 0 Å². The van der Waals surface area contributed by atoms with Crippen molar-refractivity contribution in [2.24, 2.45) is 17.1 Å². The second-order valence-electron chi connectivity index (χ2n) is 8.03. The highest BCUT2D eigenvalue weighted by atomic mass is 16.5. The number of benzene rings is 1. The minimum absolute atomic E-state index is 0.107. The minimum Gasteiger partial charge on any atom is -0.386 e. The standard InChI is InChI=1S/C21H30N4O/c1-4-15-10-21(8-7-18(15)26-3)11-16-6-5-14(12-22)9-17(16)19(21)25-13(2)20(23)24/h5-6,9,13,15,18-19,25H,4,7-8,10-11H2,1-3H3,(H3,23,24)/t13?,15-,18-,19+,21-/m0/s1. The first kappa shape index (κ1) is 18.9. The first-order chi connectivity index (χ1) is 12.4. The van der Waals surface area contributed by atoms with E-state index in [1.807, 2.05) is 26.2 Å². The van der Waals surface area contributed by atoms with Crippen molar-refractivity contribution in [1.82, 2.24) is 5.32 Å². The van der Waals surface area contributed by atoms with E-state index in [1.165, 1.54) is 11.1 Å². The third-order valence-electron chi connectivity index (χ3n) is 6.57. The normalized spacial score (nSPS) is 31.4. The molecule has 140 valence electrons. The fourth-order valence-corrected chi connectivity index (χ4v) is 5.07. The Labute approximate surface area is 156 Å². The number of nitrogens with zero attached hydrogens (tertiary/aromatic N) is 1. The van der Waals surface area contributed by atoms with Gasteiger partial charge in [-0.25, -0.2) is 0 Å². The molecule has 2 aliphatic carbocycles. The van der Waals surface area contributed by atoms with Crippen molar-refractivity contribution < 1.29 is 4.74 Å². The average molecular weight is 354 g/mol. The molecule has 5 nitrogen and oxygen atoms in total. The molecule has 5 atom stereocenters. The van der Waals surface area contributed by atoms with Crippen LogP contribution < -0.4 is 11.1 Å². The number of rotatable bonds is 5. The summed E-state index contributed by atoms with van der Waals surface area (Å²) < 4.78 is 5.75. The van der Waals surface area contributed by atoms with E-state index in [9.17, 15) is 5.26 Å². The molecule has 1 fully saturated rings. The van der Waals surface area contributed by atoms with Gasteiger partial charge in [0.15, 0.2) is 0 Å². The summed E-state index contributed by atoms with van der Waals surface area (Å²) >= 11 is 0. The van der Waals surface area contributed by atoms with Crippen LogP contribution >= 0.6 is 0 Å². The van der Waals surface area contributed by atoms with Gasteiger partial charge in [0.2, 0.25) is 0 Å². The van der Waals surface area contributed by atoms with Gasteiger partial charge in [-0.15, -0.1) is 0 Å². The van der Waals surface area contributed by atoms with Gasteiger partial charge in [0.25, 0.3) is 0 Å². The van der Waals surface area contributed by atoms with Crippen LogP contribution in [0.25, 0.3) is 0 Å². The van der Waals surface area contributed by atoms with Crippen molar-refractivity contribution in [2.75, 3.05) is 7.11 Å². The molecule has 0 aliphatic heterocycles. The Bertz CT molecular complexity index is 725. The maximum Gasteiger partial charge on any atom is 0.108 e. The van der Waals surface area contributed by atoms with Crippen molar-refractivity contribution in [3.05, 3.63) is 34.9 Å². The van der Waals surface area contributed by atoms with Crippen molar-refractivity contribution in [3.63, 3.8) is 0 Å². The Balaban J connectivity index is 1.99. The molecule has 3 rings (SSSR count). The van der Waals surface area contributed by atoms with Crippen molar-refractivity contribution in [2.45, 2.75) is 64.1 Å². The third kappa shape index (κ3) is 3.24. The zero-order valence-electron chi connectivity index (χ0n) is 16.0. The highest BCUT2D eigenvalue weighted by Gasteiger charge is 2.50. The lowest BCUT2D eigenvalue weighted by Crippen LogP contribution is -2.48. The third-order valence-corrected chi connectivity index (χ3v) is 6.57. The molecule has 0 radical (unpaired) electrons. The van der Waals surface area contributed by atoms with Crippen molar-refractivity contribution >= 4 is 5.84 Å². The first-order valence-corrected chi connectivity index (χ1v) is 9.59. The predicted octanol–water partition coefficient (Wildman–Crippen LogP) is 3.28. The van der Waals surface area contributed by atoms with Crippen LogP contribution in [-0.2, 0) is 11.2 Å². The van der Waals surface area contributed by atoms with Crippen LogP contribution in [0, 0.1) is 28.1 Å². The van der Waals surface area contributed by atoms with Gasteiger partial charge in [-0.2, -0.15) is 5.26 Å². The van der Waals surface area contributed by atoms with E-state index in [0.29, 0.717) is 17.6 Å². The lowest BCUT2D eigenvalue weighted by atomic mass is 9.64. The molecule has 26 heavy (non-hydrogen) atoms. The molecule has 4 N–H and O–H groups in total. The number of hydrogen-bond acceptors (Lipinski definition) is 4. The lowest BCUT2D eigenvalue weighted by Gasteiger charge is -2.46. The van der Waals surface area contributed by atoms with E-state index in [4.69, 9.17) is 15.9 Å². The summed E-state index contributed by atoms with van der Waals surface area (Å²) in [6.45, 7) is 4.19. The van der Waals surface area contributed by atoms with Crippen LogP contribution in [0.4, 0.5) is 0 Å². The van der Waals surface area contributed by atoms with Gasteiger partial charge in [-0.05, 0) is 67.2 Å². The van der Waals surface area contributed by atoms with Crippen molar-refractivity contribution in [1.29, 1.82) is 10.7 Å². The number of nitriles is 1. The van der Waals surface area contributed by atoms with E-state index in [0.717, 1.165) is 32.1 Å². The fourth-order valence-electron chi connectivity index (χ4n) is 5.07. The number of amidine groups is 1. The molecule has 0 bridgehead atoms. The zero-order valence-corrected chi connectivity index (χ0v) is 16.0. The quantitative estimate of drug-likeness (QED) is 0.558. The SMILES string of the molecule is CC[C@H]1C[C@@]2(CC[C@@H]1OC)Cc1ccc(C#N)cc1[C@H]2NC(C)C(=N)N. The van der Waals surface area contributed by atoms with Gasteiger partial charge in [0.05, 0.1) is 23.8 Å². The van der Waals surface area contributed by atoms with Gasteiger partial charge in [-0.1, -0.05) is 19.4 Å². The molecule has 1 aromatic rings. The summed E-state index contributed by atoms with van der Waals surface area (Å²) in [7, 11) is 1.82. The van der Waals surface area contributed by atoms with Crippen LogP contribution in [0.2, 0.25) is 0 Å². The van der Waals surface area contributed by atoms with Gasteiger partial charge < -0.3 is 15.8 Å². The maximum absolute atomic E-state index is 9.33. The number of methoxy groups -OCH3 is 1. The van der Waals surface area contributed by atoms with Crippen LogP contribution in [0.5, 0.6) is 0 Å². The van der Waals surface area contributed by atoms with E-state index in [1.54, 1.807) is 0 Å². The summed E-state index contributed by atoms with van der Waals surface area (Å²) in [5.41, 5.74) is 9.09. The number of nitrogens with two attached hydrogens (primary N) is 1. The predicted molar refractivity (Wildman–Crippen MR) is 103 cm³/mol. The molecule has 1 saturated carbocycles. The molecular weight excluding hydrogens is 324 g/mol. The second-order valence-corrected chi connectivity index (χ2v) is 8.03. The number of ether oxygens (including phenoxy) is 1. The minimum atomic E-state index is -0.186. The molecule has 2 aliphatic rings. The zero-order chi connectivity index (χ0) is 18.9. The Morgan fingerprint density at radius 2 is 2.31 bits per heavy atom. The van der Waals surface area contributed by atoms with Crippen LogP contribution in [0.15, 0.2) is 18.2 Å². The highest BCUT2D eigenvalue weighted by molar-refractivity contribution is 5.82. The Hall–Kier alpha value is -1.90. The lowest BCUT2D eigenvalue weighted by molar-refractivity contribution is -0.0325. The molecule has 0 amide bonds. The topological polar surface area (TPSA) is 94.9 Å². The number of nitrogens with one attached hydrogen (secondary N) is 2. The Morgan fingerprint density at radius 3 is 2.92 bits per heavy atom. The monoisotopic (exact) mass is 354 g/mol. The summed E-state index contributed by atoms with van der Waals surface area (Å²) in [6.07, 6.45) is 5.69. The summed E-state index contributed by atoms with van der Waals surface area (Å²) in [5.74, 6) is 0.693. The highest BCUT2D eigenvalue weighted by Crippen LogP contribution is 2.56. The summed E-state index contributed by atoms with van der Waals surface area (Å²) in [5, 5.41) is 20.8. The molecule has 1 unspecified atom stereocenters. The van der Waals surface area contributed by atoms with E-state index in [-0.39, 0.29) is 23.3 Å². The summed E-state index contributed by atoms with van der Waals surface area (Å²) in [6, 6.07) is 8.26. The molecule has 5 heteroatoms. The number of hydrogen-bond donors (Lipinski definition) is 3. The molecule has 0 heterocycles. The second kappa shape index (κ2) is 7.38. The van der Waals surface area contributed by atoms with Crippen molar-refractivity contribution in [3.8, 4) is 6.07 Å². The van der Waals surface area contributed by atoms with E-state index >= 15 is 0 Å². The number of fused-ring (bicyclic) bond motifs is 1. The van der Waals surface area contributed by atoms with Gasteiger partial charge in [0, 0.05) is 13.2 Å². The van der Waals surface area contributed by atoms with E-state index in [2.05, 4.69) is 24.4 Å². The van der Waals surface area contributed by atoms with Gasteiger partial charge in [-0.3, -0.25) is 5.41 Å². The maximum atomic E-state index is 9.33. The van der Waals surface area contributed by atoms with Crippen LogP contribution in [0.1, 0.15) is 62.3 Å². The van der Waals surface area contributed by atoms with Gasteiger partial charge in [0.1, 0.15) is 5.84 Å². The van der Waals surface area contributed by atoms with Gasteiger partial charge >= 0.3 is 0 Å². The molecule has 0 aromatic heterocycles. The molecule has 0 saturated heterocycles. The Kier molecular flexibility index (Phi) is 5.36. The summed E-state index contributed by atoms with van der Waals surface area (Å²) in [4.78, 5) is 0. The Morgan fingerprint density at radius 1 is 1.54 bits per heavy atom. The molecule has 1 aromatic carbocycles. The smallest absolute Gasteiger partial charge is 0.108 e. The molecule has 1 spiro atoms. The largest absolute Gasteiger partial charge is 0.386 e. The fraction of sp³-hybridized carbons (Fsp3) is 0.619. The average Bonchev–Trinajstić information content (AvgIpc) is 2.93. The van der Waals surface area contributed by atoms with Crippen LogP contribution in [0.3, 0.4) is 0 Å².